The number of benzene rings is 2. The molecule has 2 N–H and O–H groups in total. The Morgan fingerprint density at radius 1 is 1.03 bits per heavy atom. The molecule has 0 unspecified atom stereocenters. The average Bonchev–Trinajstić information content (AvgIpc) is 2.84. The third kappa shape index (κ3) is 4.15. The van der Waals surface area contributed by atoms with Crippen LogP contribution in [0.15, 0.2) is 68.7 Å². The molecule has 2 heterocycles. The van der Waals surface area contributed by atoms with Crippen LogP contribution in [0, 0.1) is 0 Å². The summed E-state index contributed by atoms with van der Waals surface area (Å²) >= 11 is 3.39. The molecule has 0 fully saturated rings. The van der Waals surface area contributed by atoms with E-state index in [0.717, 1.165) is 19.2 Å². The number of rotatable bonds is 5. The molecular weight excluding hydrogens is 504 g/mol. The van der Waals surface area contributed by atoms with Crippen LogP contribution in [-0.2, 0) is 18.8 Å². The molecule has 2 aromatic heterocycles. The quantitative estimate of drug-likeness (QED) is 0.315. The molecule has 0 radical (unpaired) electrons. The number of fused-ring (bicyclic) bond motifs is 1. The second kappa shape index (κ2) is 9.06. The predicted molar refractivity (Wildman–Crippen MR) is 131 cm³/mol. The number of hydrogen-bond donors (Lipinski definition) is 1. The Hall–Kier alpha value is -4.05. The molecule has 4 rings (SSSR count). The van der Waals surface area contributed by atoms with Gasteiger partial charge < -0.3 is 10.5 Å². The summed E-state index contributed by atoms with van der Waals surface area (Å²) in [4.78, 5) is 54.7. The van der Waals surface area contributed by atoms with E-state index in [0.29, 0.717) is 16.6 Å². The van der Waals surface area contributed by atoms with Gasteiger partial charge in [-0.05, 0) is 24.3 Å². The van der Waals surface area contributed by atoms with Crippen molar-refractivity contribution in [3.63, 3.8) is 0 Å². The van der Waals surface area contributed by atoms with Gasteiger partial charge in [0, 0.05) is 29.5 Å². The van der Waals surface area contributed by atoms with Gasteiger partial charge in [-0.3, -0.25) is 18.7 Å². The summed E-state index contributed by atoms with van der Waals surface area (Å²) in [7, 11) is 2.58. The zero-order valence-corrected chi connectivity index (χ0v) is 19.8. The summed E-state index contributed by atoms with van der Waals surface area (Å²) in [6.07, 6.45) is 0. The summed E-state index contributed by atoms with van der Waals surface area (Å²) in [5, 5.41) is 0.554. The maximum atomic E-state index is 13.0. The maximum Gasteiger partial charge on any atom is 0.339 e. The second-order valence-electron chi connectivity index (χ2n) is 7.54. The van der Waals surface area contributed by atoms with Crippen LogP contribution < -0.4 is 17.0 Å². The lowest BCUT2D eigenvalue weighted by Gasteiger charge is -2.12. The molecule has 9 nitrogen and oxygen atoms in total. The van der Waals surface area contributed by atoms with Crippen molar-refractivity contribution in [2.45, 2.75) is 0 Å². The molecule has 4 aromatic rings. The van der Waals surface area contributed by atoms with Crippen LogP contribution in [0.25, 0.3) is 22.2 Å². The minimum absolute atomic E-state index is 0.220. The standard InChI is InChI=1S/C24H19BrN4O5/c1-28-21(26)20(22(31)29(2)24(28)33)19(30)12-34-23(32)16-11-18(13-7-9-14(25)10-8-13)27-17-6-4-3-5-15(16)17/h3-11H,12,26H2,1-2H3. The molecule has 0 amide bonds. The molecule has 0 saturated heterocycles. The molecule has 172 valence electrons. The van der Waals surface area contributed by atoms with E-state index in [1.807, 2.05) is 24.3 Å². The van der Waals surface area contributed by atoms with Crippen molar-refractivity contribution >= 4 is 44.4 Å². The van der Waals surface area contributed by atoms with Crippen molar-refractivity contribution in [1.29, 1.82) is 0 Å². The number of nitrogen functional groups attached to an aromatic ring is 1. The minimum atomic E-state index is -0.853. The molecule has 0 atom stereocenters. The van der Waals surface area contributed by atoms with Crippen LogP contribution in [0.4, 0.5) is 5.82 Å². The predicted octanol–water partition coefficient (Wildman–Crippen LogP) is 2.68. The van der Waals surface area contributed by atoms with Gasteiger partial charge in [0.25, 0.3) is 5.56 Å². The van der Waals surface area contributed by atoms with E-state index in [4.69, 9.17) is 10.5 Å². The lowest BCUT2D eigenvalue weighted by molar-refractivity contribution is 0.0476. The van der Waals surface area contributed by atoms with Crippen LogP contribution in [0.1, 0.15) is 20.7 Å². The smallest absolute Gasteiger partial charge is 0.339 e. The van der Waals surface area contributed by atoms with Gasteiger partial charge in [0.05, 0.1) is 16.8 Å². The summed E-state index contributed by atoms with van der Waals surface area (Å²) in [5.41, 5.74) is 6.04. The fourth-order valence-electron chi connectivity index (χ4n) is 3.52. The summed E-state index contributed by atoms with van der Waals surface area (Å²) < 4.78 is 7.92. The fraction of sp³-hybridized carbons (Fsp3) is 0.125. The normalized spacial score (nSPS) is 10.9. The number of nitrogens with zero attached hydrogens (tertiary/aromatic N) is 3. The minimum Gasteiger partial charge on any atom is -0.454 e. The summed E-state index contributed by atoms with van der Waals surface area (Å²) in [6, 6.07) is 16.1. The van der Waals surface area contributed by atoms with Gasteiger partial charge in [0.2, 0.25) is 5.78 Å². The van der Waals surface area contributed by atoms with Gasteiger partial charge in [0.15, 0.2) is 6.61 Å². The van der Waals surface area contributed by atoms with Gasteiger partial charge in [-0.2, -0.15) is 0 Å². The number of esters is 1. The molecule has 34 heavy (non-hydrogen) atoms. The van der Waals surface area contributed by atoms with Crippen molar-refractivity contribution < 1.29 is 14.3 Å². The van der Waals surface area contributed by atoms with Gasteiger partial charge in [-0.1, -0.05) is 46.3 Å². The monoisotopic (exact) mass is 522 g/mol. The van der Waals surface area contributed by atoms with E-state index >= 15 is 0 Å². The molecule has 0 aliphatic rings. The van der Waals surface area contributed by atoms with Crippen LogP contribution >= 0.6 is 15.9 Å². The van der Waals surface area contributed by atoms with Crippen LogP contribution in [0.3, 0.4) is 0 Å². The van der Waals surface area contributed by atoms with Crippen molar-refractivity contribution in [3.05, 3.63) is 91.0 Å². The first kappa shape index (κ1) is 23.1. The number of carbonyl (C=O) groups is 2. The third-order valence-electron chi connectivity index (χ3n) is 5.40. The number of carbonyl (C=O) groups excluding carboxylic acids is 2. The Kier molecular flexibility index (Phi) is 6.16. The number of Topliss-reactive ketones (excluding diaryl/α,β-unsaturated/α-hetero) is 1. The van der Waals surface area contributed by atoms with Gasteiger partial charge >= 0.3 is 11.7 Å². The number of pyridine rings is 1. The van der Waals surface area contributed by atoms with Crippen molar-refractivity contribution in [1.82, 2.24) is 14.1 Å². The first-order valence-corrected chi connectivity index (χ1v) is 10.9. The Labute approximate surface area is 201 Å². The summed E-state index contributed by atoms with van der Waals surface area (Å²) in [5.74, 6) is -1.86. The Bertz CT molecular complexity index is 1570. The fourth-order valence-corrected chi connectivity index (χ4v) is 3.78. The number of hydrogen-bond acceptors (Lipinski definition) is 7. The molecule has 0 spiro atoms. The second-order valence-corrected chi connectivity index (χ2v) is 8.46. The highest BCUT2D eigenvalue weighted by molar-refractivity contribution is 9.10. The van der Waals surface area contributed by atoms with Crippen molar-refractivity contribution in [2.24, 2.45) is 14.1 Å². The topological polar surface area (TPSA) is 126 Å². The Morgan fingerprint density at radius 3 is 2.41 bits per heavy atom. The molecule has 0 saturated carbocycles. The van der Waals surface area contributed by atoms with Crippen molar-refractivity contribution in [3.8, 4) is 11.3 Å². The zero-order chi connectivity index (χ0) is 24.6. The number of halogens is 1. The average molecular weight is 523 g/mol. The Morgan fingerprint density at radius 2 is 1.71 bits per heavy atom. The van der Waals surface area contributed by atoms with Crippen LogP contribution in [-0.4, -0.2) is 32.5 Å². The van der Waals surface area contributed by atoms with E-state index in [-0.39, 0.29) is 11.4 Å². The van der Waals surface area contributed by atoms with Gasteiger partial charge in [0.1, 0.15) is 11.4 Å². The van der Waals surface area contributed by atoms with E-state index < -0.39 is 35.2 Å². The number of aromatic nitrogens is 3. The molecule has 0 bridgehead atoms. The van der Waals surface area contributed by atoms with Crippen LogP contribution in [0.5, 0.6) is 0 Å². The highest BCUT2D eigenvalue weighted by atomic mass is 79.9. The molecular formula is C24H19BrN4O5. The number of ether oxygens (including phenoxy) is 1. The number of para-hydroxylation sites is 1. The number of ketones is 1. The van der Waals surface area contributed by atoms with E-state index in [1.165, 1.54) is 14.1 Å². The van der Waals surface area contributed by atoms with Gasteiger partial charge in [-0.25, -0.2) is 14.6 Å². The van der Waals surface area contributed by atoms with Crippen LogP contribution in [0.2, 0.25) is 0 Å². The molecule has 0 aliphatic carbocycles. The van der Waals surface area contributed by atoms with E-state index in [1.54, 1.807) is 30.3 Å². The largest absolute Gasteiger partial charge is 0.454 e. The SMILES string of the molecule is Cn1c(N)c(C(=O)COC(=O)c2cc(-c3ccc(Br)cc3)nc3ccccc23)c(=O)n(C)c1=O. The first-order valence-electron chi connectivity index (χ1n) is 10.1. The lowest BCUT2D eigenvalue weighted by Crippen LogP contribution is -2.42. The van der Waals surface area contributed by atoms with Crippen molar-refractivity contribution in [2.75, 3.05) is 12.3 Å². The Balaban J connectivity index is 1.68. The highest BCUT2D eigenvalue weighted by Gasteiger charge is 2.23. The lowest BCUT2D eigenvalue weighted by atomic mass is 10.0. The number of anilines is 1. The molecule has 10 heteroatoms. The highest BCUT2D eigenvalue weighted by Crippen LogP contribution is 2.26. The van der Waals surface area contributed by atoms with E-state index in [2.05, 4.69) is 20.9 Å². The third-order valence-corrected chi connectivity index (χ3v) is 5.93. The molecule has 2 aromatic carbocycles. The number of nitrogens with two attached hydrogens (primary N) is 1. The first-order chi connectivity index (χ1) is 16.2. The van der Waals surface area contributed by atoms with E-state index in [9.17, 15) is 19.2 Å². The maximum absolute atomic E-state index is 13.0. The zero-order valence-electron chi connectivity index (χ0n) is 18.2. The molecule has 0 aliphatic heterocycles. The van der Waals surface area contributed by atoms with Gasteiger partial charge in [-0.15, -0.1) is 0 Å². The summed E-state index contributed by atoms with van der Waals surface area (Å²) in [6.45, 7) is -0.721.